The molecule has 1 aliphatic rings. The van der Waals surface area contributed by atoms with Crippen molar-refractivity contribution in [3.8, 4) is 16.9 Å². The predicted molar refractivity (Wildman–Crippen MR) is 115 cm³/mol. The van der Waals surface area contributed by atoms with Gasteiger partial charge in [0.2, 0.25) is 5.91 Å². The molecule has 1 aliphatic heterocycles. The van der Waals surface area contributed by atoms with Crippen LogP contribution in [-0.4, -0.2) is 39.7 Å². The van der Waals surface area contributed by atoms with Crippen molar-refractivity contribution in [2.24, 2.45) is 11.7 Å². The normalized spacial score (nSPS) is 16.2. The number of carbonyl (C=O) groups is 2. The molecular formula is C23H24FN5O2. The quantitative estimate of drug-likeness (QED) is 0.663. The van der Waals surface area contributed by atoms with E-state index in [2.05, 4.69) is 10.4 Å². The zero-order valence-corrected chi connectivity index (χ0v) is 17.0. The van der Waals surface area contributed by atoms with Gasteiger partial charge in [0.1, 0.15) is 5.82 Å². The number of nitrogens with two attached hydrogens (primary N) is 1. The lowest BCUT2D eigenvalue weighted by Gasteiger charge is -2.30. The molecule has 1 atom stereocenters. The van der Waals surface area contributed by atoms with Gasteiger partial charge in [-0.05, 0) is 49.2 Å². The van der Waals surface area contributed by atoms with E-state index < -0.39 is 6.03 Å². The standard InChI is InChI=1S/C23H24FN5O2/c24-19-10-8-16(9-11-19)21-18(15-29(27-21)20-6-2-1-3-7-20)13-26-22(30)17-5-4-12-28(14-17)23(25)31/h1-3,6-11,15,17H,4-5,12-14H2,(H2,25,31)(H,26,30)/t17-/m0/s1. The Kier molecular flexibility index (Phi) is 5.97. The second-order valence-corrected chi connectivity index (χ2v) is 7.63. The number of halogens is 1. The number of hydrogen-bond donors (Lipinski definition) is 2. The second kappa shape index (κ2) is 8.99. The molecule has 8 heteroatoms. The molecule has 2 aromatic carbocycles. The maximum Gasteiger partial charge on any atom is 0.314 e. The van der Waals surface area contributed by atoms with Crippen molar-refractivity contribution in [1.82, 2.24) is 20.0 Å². The lowest BCUT2D eigenvalue weighted by Crippen LogP contribution is -2.47. The number of urea groups is 1. The minimum Gasteiger partial charge on any atom is -0.352 e. The van der Waals surface area contributed by atoms with E-state index >= 15 is 0 Å². The second-order valence-electron chi connectivity index (χ2n) is 7.63. The fourth-order valence-electron chi connectivity index (χ4n) is 3.82. The van der Waals surface area contributed by atoms with Crippen LogP contribution in [0.1, 0.15) is 18.4 Å². The summed E-state index contributed by atoms with van der Waals surface area (Å²) in [5, 5.41) is 7.65. The van der Waals surface area contributed by atoms with Gasteiger partial charge >= 0.3 is 6.03 Å². The first-order valence-corrected chi connectivity index (χ1v) is 10.2. The highest BCUT2D eigenvalue weighted by molar-refractivity contribution is 5.80. The molecule has 3 aromatic rings. The maximum absolute atomic E-state index is 13.4. The highest BCUT2D eigenvalue weighted by Gasteiger charge is 2.27. The molecular weight excluding hydrogens is 397 g/mol. The van der Waals surface area contributed by atoms with Gasteiger partial charge in [0.25, 0.3) is 0 Å². The summed E-state index contributed by atoms with van der Waals surface area (Å²) in [5.74, 6) is -0.736. The average Bonchev–Trinajstić information content (AvgIpc) is 3.23. The minimum absolute atomic E-state index is 0.122. The number of nitrogens with zero attached hydrogens (tertiary/aromatic N) is 3. The number of hydrogen-bond acceptors (Lipinski definition) is 3. The molecule has 3 N–H and O–H groups in total. The minimum atomic E-state index is -0.500. The van der Waals surface area contributed by atoms with Crippen LogP contribution in [0.15, 0.2) is 60.8 Å². The van der Waals surface area contributed by atoms with E-state index in [0.717, 1.165) is 23.2 Å². The Bertz CT molecular complexity index is 1070. The van der Waals surface area contributed by atoms with Crippen molar-refractivity contribution in [2.75, 3.05) is 13.1 Å². The Hall–Kier alpha value is -3.68. The first-order valence-electron chi connectivity index (χ1n) is 10.2. The van der Waals surface area contributed by atoms with Crippen LogP contribution in [0, 0.1) is 11.7 Å². The Balaban J connectivity index is 1.55. The summed E-state index contributed by atoms with van der Waals surface area (Å²) in [4.78, 5) is 25.7. The van der Waals surface area contributed by atoms with Crippen molar-refractivity contribution in [3.05, 3.63) is 72.2 Å². The third-order valence-corrected chi connectivity index (χ3v) is 5.49. The van der Waals surface area contributed by atoms with Crippen molar-refractivity contribution >= 4 is 11.9 Å². The number of carbonyl (C=O) groups excluding carboxylic acids is 2. The van der Waals surface area contributed by atoms with Crippen molar-refractivity contribution in [1.29, 1.82) is 0 Å². The molecule has 0 unspecified atom stereocenters. The molecule has 0 saturated carbocycles. The largest absolute Gasteiger partial charge is 0.352 e. The smallest absolute Gasteiger partial charge is 0.314 e. The van der Waals surface area contributed by atoms with E-state index in [9.17, 15) is 14.0 Å². The Morgan fingerprint density at radius 3 is 2.58 bits per heavy atom. The monoisotopic (exact) mass is 421 g/mol. The number of nitrogens with one attached hydrogen (secondary N) is 1. The number of benzene rings is 2. The third-order valence-electron chi connectivity index (χ3n) is 5.49. The molecule has 4 rings (SSSR count). The van der Waals surface area contributed by atoms with Gasteiger partial charge in [0.05, 0.1) is 17.3 Å². The summed E-state index contributed by atoms with van der Waals surface area (Å²) in [6.45, 7) is 1.18. The van der Waals surface area contributed by atoms with E-state index in [1.54, 1.807) is 16.8 Å². The molecule has 0 bridgehead atoms. The van der Waals surface area contributed by atoms with Crippen LogP contribution < -0.4 is 11.1 Å². The summed E-state index contributed by atoms with van der Waals surface area (Å²) in [5.41, 5.74) is 8.49. The summed E-state index contributed by atoms with van der Waals surface area (Å²) in [7, 11) is 0. The molecule has 31 heavy (non-hydrogen) atoms. The fourth-order valence-corrected chi connectivity index (χ4v) is 3.82. The van der Waals surface area contributed by atoms with Gasteiger partial charge in [-0.2, -0.15) is 5.10 Å². The van der Waals surface area contributed by atoms with Gasteiger partial charge < -0.3 is 16.0 Å². The van der Waals surface area contributed by atoms with Gasteiger partial charge in [-0.15, -0.1) is 0 Å². The van der Waals surface area contributed by atoms with Gasteiger partial charge in [0, 0.05) is 37.0 Å². The number of para-hydroxylation sites is 1. The van der Waals surface area contributed by atoms with Crippen LogP contribution in [-0.2, 0) is 11.3 Å². The highest BCUT2D eigenvalue weighted by atomic mass is 19.1. The van der Waals surface area contributed by atoms with Gasteiger partial charge in [-0.3, -0.25) is 4.79 Å². The van der Waals surface area contributed by atoms with E-state index in [4.69, 9.17) is 5.73 Å². The van der Waals surface area contributed by atoms with Crippen molar-refractivity contribution in [2.45, 2.75) is 19.4 Å². The van der Waals surface area contributed by atoms with Gasteiger partial charge in [0.15, 0.2) is 0 Å². The first-order chi connectivity index (χ1) is 15.0. The number of likely N-dealkylation sites (tertiary alicyclic amines) is 1. The van der Waals surface area contributed by atoms with Crippen LogP contribution in [0.25, 0.3) is 16.9 Å². The Morgan fingerprint density at radius 1 is 1.13 bits per heavy atom. The highest BCUT2D eigenvalue weighted by Crippen LogP contribution is 2.24. The van der Waals surface area contributed by atoms with Crippen LogP contribution >= 0.6 is 0 Å². The molecule has 160 valence electrons. The van der Waals surface area contributed by atoms with E-state index in [-0.39, 0.29) is 24.2 Å². The third kappa shape index (κ3) is 4.74. The molecule has 0 radical (unpaired) electrons. The first kappa shape index (κ1) is 20.6. The number of rotatable bonds is 5. The van der Waals surface area contributed by atoms with Crippen LogP contribution in [0.2, 0.25) is 0 Å². The van der Waals surface area contributed by atoms with E-state index in [0.29, 0.717) is 25.2 Å². The average molecular weight is 421 g/mol. The van der Waals surface area contributed by atoms with E-state index in [1.807, 2.05) is 36.5 Å². The summed E-state index contributed by atoms with van der Waals surface area (Å²) < 4.78 is 15.1. The SMILES string of the molecule is NC(=O)N1CCC[C@H](C(=O)NCc2cn(-c3ccccc3)nc2-c2ccc(F)cc2)C1. The lowest BCUT2D eigenvalue weighted by atomic mass is 9.97. The zero-order chi connectivity index (χ0) is 21.8. The number of aromatic nitrogens is 2. The number of piperidine rings is 1. The molecule has 1 fully saturated rings. The number of amides is 3. The Labute approximate surface area is 179 Å². The maximum atomic E-state index is 13.4. The van der Waals surface area contributed by atoms with Crippen molar-refractivity contribution in [3.63, 3.8) is 0 Å². The molecule has 1 aromatic heterocycles. The molecule has 7 nitrogen and oxygen atoms in total. The molecule has 0 spiro atoms. The van der Waals surface area contributed by atoms with Gasteiger partial charge in [-0.25, -0.2) is 13.9 Å². The van der Waals surface area contributed by atoms with Crippen molar-refractivity contribution < 1.29 is 14.0 Å². The topological polar surface area (TPSA) is 93.3 Å². The lowest BCUT2D eigenvalue weighted by molar-refractivity contribution is -0.126. The van der Waals surface area contributed by atoms with Crippen LogP contribution in [0.5, 0.6) is 0 Å². The van der Waals surface area contributed by atoms with E-state index in [1.165, 1.54) is 17.0 Å². The van der Waals surface area contributed by atoms with Crippen LogP contribution in [0.3, 0.4) is 0 Å². The molecule has 3 amide bonds. The molecule has 0 aliphatic carbocycles. The molecule has 2 heterocycles. The predicted octanol–water partition coefficient (Wildman–Crippen LogP) is 3.09. The number of primary amides is 1. The Morgan fingerprint density at radius 2 is 1.87 bits per heavy atom. The molecule has 1 saturated heterocycles. The summed E-state index contributed by atoms with van der Waals surface area (Å²) in [6, 6.07) is 15.3. The van der Waals surface area contributed by atoms with Gasteiger partial charge in [-0.1, -0.05) is 18.2 Å². The fraction of sp³-hybridized carbons (Fsp3) is 0.261. The summed E-state index contributed by atoms with van der Waals surface area (Å²) >= 11 is 0. The summed E-state index contributed by atoms with van der Waals surface area (Å²) in [6.07, 6.45) is 3.32. The van der Waals surface area contributed by atoms with Crippen LogP contribution in [0.4, 0.5) is 9.18 Å². The zero-order valence-electron chi connectivity index (χ0n) is 17.0.